The van der Waals surface area contributed by atoms with Gasteiger partial charge < -0.3 is 5.32 Å². The lowest BCUT2D eigenvalue weighted by Gasteiger charge is -2.27. The monoisotopic (exact) mass is 453 g/mol. The van der Waals surface area contributed by atoms with Crippen LogP contribution in [0, 0.1) is 5.82 Å². The Labute approximate surface area is 171 Å². The number of hydrogen-bond acceptors (Lipinski definition) is 3. The molecule has 0 saturated carbocycles. The van der Waals surface area contributed by atoms with E-state index in [4.69, 9.17) is 34.8 Å². The van der Waals surface area contributed by atoms with E-state index in [0.717, 1.165) is 20.7 Å². The normalized spacial score (nSPS) is 11.5. The summed E-state index contributed by atoms with van der Waals surface area (Å²) in [5.74, 6) is -1.21. The maximum atomic E-state index is 13.2. The Hall–Kier alpha value is -1.58. The maximum absolute atomic E-state index is 13.2. The van der Waals surface area contributed by atoms with Crippen molar-refractivity contribution in [3.8, 4) is 0 Å². The van der Waals surface area contributed by atoms with Crippen molar-refractivity contribution in [2.75, 3.05) is 30.3 Å². The molecule has 2 aromatic carbocycles. The molecule has 0 spiro atoms. The highest BCUT2D eigenvalue weighted by molar-refractivity contribution is 7.90. The van der Waals surface area contributed by atoms with Gasteiger partial charge in [0.2, 0.25) is 5.91 Å². The third kappa shape index (κ3) is 5.24. The van der Waals surface area contributed by atoms with E-state index in [-0.39, 0.29) is 26.4 Å². The molecular weight excluding hydrogens is 440 g/mol. The van der Waals surface area contributed by atoms with Gasteiger partial charge in [-0.15, -0.1) is 0 Å². The first-order valence-corrected chi connectivity index (χ1v) is 9.95. The first kappa shape index (κ1) is 21.7. The van der Waals surface area contributed by atoms with Crippen LogP contribution in [-0.4, -0.2) is 39.3 Å². The molecule has 6 nitrogen and oxygen atoms in total. The van der Waals surface area contributed by atoms with Gasteiger partial charge in [0, 0.05) is 14.1 Å². The highest BCUT2D eigenvalue weighted by Crippen LogP contribution is 2.32. The average molecular weight is 455 g/mol. The molecule has 0 radical (unpaired) electrons. The van der Waals surface area contributed by atoms with Crippen molar-refractivity contribution in [1.82, 2.24) is 4.31 Å². The smallest absolute Gasteiger partial charge is 0.304 e. The maximum Gasteiger partial charge on any atom is 0.304 e. The van der Waals surface area contributed by atoms with E-state index in [9.17, 15) is 17.6 Å². The molecule has 0 atom stereocenters. The fourth-order valence-electron chi connectivity index (χ4n) is 2.05. The Bertz CT molecular complexity index is 953. The Balaban J connectivity index is 2.31. The molecule has 0 heterocycles. The van der Waals surface area contributed by atoms with E-state index in [2.05, 4.69) is 5.32 Å². The summed E-state index contributed by atoms with van der Waals surface area (Å²) in [6.07, 6.45) is 0. The van der Waals surface area contributed by atoms with Crippen molar-refractivity contribution in [3.63, 3.8) is 0 Å². The average Bonchev–Trinajstić information content (AvgIpc) is 2.58. The molecule has 0 fully saturated rings. The molecule has 0 aliphatic rings. The fraction of sp³-hybridized carbons (Fsp3) is 0.188. The molecule has 1 amide bonds. The minimum Gasteiger partial charge on any atom is -0.323 e. The number of anilines is 2. The lowest BCUT2D eigenvalue weighted by Crippen LogP contribution is -2.44. The second-order valence-corrected chi connectivity index (χ2v) is 8.86. The van der Waals surface area contributed by atoms with Crippen molar-refractivity contribution in [3.05, 3.63) is 57.3 Å². The second kappa shape index (κ2) is 8.62. The lowest BCUT2D eigenvalue weighted by molar-refractivity contribution is -0.114. The number of nitrogens with one attached hydrogen (secondary N) is 1. The van der Waals surface area contributed by atoms with Gasteiger partial charge in [-0.1, -0.05) is 34.8 Å². The topological polar surface area (TPSA) is 69.7 Å². The minimum atomic E-state index is -4.01. The van der Waals surface area contributed by atoms with Gasteiger partial charge in [-0.25, -0.2) is 8.70 Å². The quantitative estimate of drug-likeness (QED) is 0.670. The van der Waals surface area contributed by atoms with E-state index < -0.39 is 28.5 Å². The van der Waals surface area contributed by atoms with Gasteiger partial charge in [-0.05, 0) is 36.4 Å². The standard InChI is InChI=1S/C16H15Cl3FN3O3S/c1-22(2)27(25,26)23(11-5-3-10(20)4-6-11)9-16(24)21-15-8-13(18)12(17)7-14(15)19/h3-8H,9H2,1-2H3,(H,21,24). The third-order valence-corrected chi connectivity index (χ3v) is 6.28. The van der Waals surface area contributed by atoms with E-state index in [1.807, 2.05) is 0 Å². The summed E-state index contributed by atoms with van der Waals surface area (Å²) in [7, 11) is -1.38. The van der Waals surface area contributed by atoms with Crippen LogP contribution < -0.4 is 9.62 Å². The second-order valence-electron chi connectivity index (χ2n) is 5.57. The molecule has 0 bridgehead atoms. The largest absolute Gasteiger partial charge is 0.323 e. The van der Waals surface area contributed by atoms with Crippen molar-refractivity contribution in [1.29, 1.82) is 0 Å². The van der Waals surface area contributed by atoms with Crippen LogP contribution in [0.1, 0.15) is 0 Å². The van der Waals surface area contributed by atoms with Crippen LogP contribution in [0.5, 0.6) is 0 Å². The van der Waals surface area contributed by atoms with Crippen molar-refractivity contribution < 1.29 is 17.6 Å². The highest BCUT2D eigenvalue weighted by Gasteiger charge is 2.27. The number of halogens is 4. The predicted octanol–water partition coefficient (Wildman–Crippen LogP) is 4.04. The number of nitrogens with zero attached hydrogens (tertiary/aromatic N) is 2. The highest BCUT2D eigenvalue weighted by atomic mass is 35.5. The van der Waals surface area contributed by atoms with Gasteiger partial charge in [0.05, 0.1) is 26.4 Å². The summed E-state index contributed by atoms with van der Waals surface area (Å²) < 4.78 is 40.1. The summed E-state index contributed by atoms with van der Waals surface area (Å²) in [6.45, 7) is -0.567. The molecule has 0 aliphatic heterocycles. The molecule has 0 aromatic heterocycles. The van der Waals surface area contributed by atoms with Gasteiger partial charge in [0.15, 0.2) is 0 Å². The van der Waals surface area contributed by atoms with Crippen molar-refractivity contribution >= 4 is 62.3 Å². The summed E-state index contributed by atoms with van der Waals surface area (Å²) >= 11 is 17.8. The first-order chi connectivity index (χ1) is 12.5. The summed E-state index contributed by atoms with van der Waals surface area (Å²) in [5, 5.41) is 3.01. The van der Waals surface area contributed by atoms with Gasteiger partial charge >= 0.3 is 10.2 Å². The lowest BCUT2D eigenvalue weighted by atomic mass is 10.3. The summed E-state index contributed by atoms with van der Waals surface area (Å²) in [6, 6.07) is 7.43. The van der Waals surface area contributed by atoms with Gasteiger partial charge in [0.25, 0.3) is 0 Å². The zero-order valence-electron chi connectivity index (χ0n) is 14.2. The molecule has 0 aliphatic carbocycles. The number of benzene rings is 2. The fourth-order valence-corrected chi connectivity index (χ4v) is 3.71. The van der Waals surface area contributed by atoms with Crippen molar-refractivity contribution in [2.45, 2.75) is 0 Å². The number of hydrogen-bond donors (Lipinski definition) is 1. The van der Waals surface area contributed by atoms with Crippen LogP contribution in [0.25, 0.3) is 0 Å². The number of rotatable bonds is 6. The van der Waals surface area contributed by atoms with Gasteiger partial charge in [0.1, 0.15) is 12.4 Å². The van der Waals surface area contributed by atoms with E-state index in [0.29, 0.717) is 0 Å². The summed E-state index contributed by atoms with van der Waals surface area (Å²) in [4.78, 5) is 12.4. The zero-order valence-corrected chi connectivity index (χ0v) is 17.3. The van der Waals surface area contributed by atoms with Gasteiger partial charge in [-0.2, -0.15) is 12.7 Å². The molecule has 0 unspecified atom stereocenters. The van der Waals surface area contributed by atoms with E-state index in [1.54, 1.807) is 0 Å². The van der Waals surface area contributed by atoms with Crippen molar-refractivity contribution in [2.24, 2.45) is 0 Å². The number of carbonyl (C=O) groups excluding carboxylic acids is 1. The Morgan fingerprint density at radius 2 is 1.59 bits per heavy atom. The van der Waals surface area contributed by atoms with Crippen LogP contribution in [0.2, 0.25) is 15.1 Å². The molecule has 146 valence electrons. The van der Waals surface area contributed by atoms with Gasteiger partial charge in [-0.3, -0.25) is 4.79 Å². The van der Waals surface area contributed by atoms with Crippen LogP contribution in [0.15, 0.2) is 36.4 Å². The van der Waals surface area contributed by atoms with Crippen LogP contribution in [0.4, 0.5) is 15.8 Å². The molecule has 1 N–H and O–H groups in total. The Kier molecular flexibility index (Phi) is 6.93. The van der Waals surface area contributed by atoms with Crippen LogP contribution >= 0.6 is 34.8 Å². The zero-order chi connectivity index (χ0) is 20.4. The molecule has 11 heteroatoms. The third-order valence-electron chi connectivity index (χ3n) is 3.43. The van der Waals surface area contributed by atoms with E-state index in [1.165, 1.54) is 38.4 Å². The first-order valence-electron chi connectivity index (χ1n) is 7.42. The molecule has 2 aromatic rings. The minimum absolute atomic E-state index is 0.125. The summed E-state index contributed by atoms with van der Waals surface area (Å²) in [5.41, 5.74) is 0.304. The predicted molar refractivity (Wildman–Crippen MR) is 106 cm³/mol. The Morgan fingerprint density at radius 3 is 2.15 bits per heavy atom. The number of carbonyl (C=O) groups is 1. The molecule has 27 heavy (non-hydrogen) atoms. The van der Waals surface area contributed by atoms with Crippen LogP contribution in [0.3, 0.4) is 0 Å². The number of amides is 1. The van der Waals surface area contributed by atoms with Crippen LogP contribution in [-0.2, 0) is 15.0 Å². The Morgan fingerprint density at radius 1 is 1.04 bits per heavy atom. The SMILES string of the molecule is CN(C)S(=O)(=O)N(CC(=O)Nc1cc(Cl)c(Cl)cc1Cl)c1ccc(F)cc1. The molecule has 2 rings (SSSR count). The molecular formula is C16H15Cl3FN3O3S. The van der Waals surface area contributed by atoms with E-state index >= 15 is 0 Å². The molecule has 0 saturated heterocycles.